The first-order valence-electron chi connectivity index (χ1n) is 7.66. The monoisotopic (exact) mass is 332 g/mol. The maximum Gasteiger partial charge on any atom is 0.305 e. The Morgan fingerprint density at radius 1 is 1.35 bits per heavy atom. The van der Waals surface area contributed by atoms with Crippen LogP contribution in [0.1, 0.15) is 28.0 Å². The van der Waals surface area contributed by atoms with Gasteiger partial charge in [0.1, 0.15) is 5.69 Å². The molecule has 2 aromatic rings. The molecular formula is C17H20N2O3S. The molecule has 0 aliphatic carbocycles. The number of amides is 1. The topological polar surface area (TPSA) is 73.4 Å². The second-order valence-electron chi connectivity index (χ2n) is 6.05. The average molecular weight is 332 g/mol. The van der Waals surface area contributed by atoms with Crippen LogP contribution < -0.4 is 0 Å². The number of nitrogens with one attached hydrogen (secondary N) is 1. The van der Waals surface area contributed by atoms with Crippen LogP contribution in [-0.4, -0.2) is 51.0 Å². The molecular weight excluding hydrogens is 312 g/mol. The highest BCUT2D eigenvalue weighted by Crippen LogP contribution is 2.25. The fourth-order valence-corrected chi connectivity index (χ4v) is 4.22. The van der Waals surface area contributed by atoms with E-state index >= 15 is 0 Å². The van der Waals surface area contributed by atoms with Gasteiger partial charge in [-0.05, 0) is 37.1 Å². The Labute approximate surface area is 139 Å². The SMILES string of the molecule is Cc1cc(C)c2cc(C(=O)N3CCSCC3CC(=O)O)[nH]c2c1. The van der Waals surface area contributed by atoms with Crippen LogP contribution in [0, 0.1) is 13.8 Å². The normalized spacial score (nSPS) is 18.3. The third-order valence-electron chi connectivity index (χ3n) is 4.22. The van der Waals surface area contributed by atoms with Gasteiger partial charge in [0.15, 0.2) is 0 Å². The number of aryl methyl sites for hydroxylation is 2. The van der Waals surface area contributed by atoms with Gasteiger partial charge in [0.05, 0.1) is 12.5 Å². The van der Waals surface area contributed by atoms with E-state index in [1.54, 1.807) is 16.7 Å². The van der Waals surface area contributed by atoms with E-state index in [0.29, 0.717) is 18.0 Å². The Bertz CT molecular complexity index is 769. The Hall–Kier alpha value is -1.95. The molecule has 0 radical (unpaired) electrons. The molecule has 1 aliphatic rings. The predicted octanol–water partition coefficient (Wildman–Crippen LogP) is 2.82. The Balaban J connectivity index is 1.92. The summed E-state index contributed by atoms with van der Waals surface area (Å²) >= 11 is 1.70. The second kappa shape index (κ2) is 6.28. The molecule has 1 aromatic carbocycles. The summed E-state index contributed by atoms with van der Waals surface area (Å²) in [6.45, 7) is 4.65. The van der Waals surface area contributed by atoms with E-state index in [1.807, 2.05) is 26.0 Å². The van der Waals surface area contributed by atoms with Gasteiger partial charge < -0.3 is 15.0 Å². The van der Waals surface area contributed by atoms with Crippen molar-refractivity contribution >= 4 is 34.5 Å². The molecule has 1 saturated heterocycles. The number of hydrogen-bond acceptors (Lipinski definition) is 3. The summed E-state index contributed by atoms with van der Waals surface area (Å²) in [5.74, 6) is 0.555. The number of rotatable bonds is 3. The number of benzene rings is 1. The standard InChI is InChI=1S/C17H20N2O3S/c1-10-5-11(2)13-8-15(18-14(13)6-10)17(22)19-3-4-23-9-12(19)7-16(20)21/h5-6,8,12,18H,3-4,7,9H2,1-2H3,(H,20,21). The van der Waals surface area contributed by atoms with Gasteiger partial charge >= 0.3 is 5.97 Å². The molecule has 0 spiro atoms. The van der Waals surface area contributed by atoms with Crippen LogP contribution in [0.2, 0.25) is 0 Å². The molecule has 1 amide bonds. The number of carboxylic acids is 1. The summed E-state index contributed by atoms with van der Waals surface area (Å²) in [4.78, 5) is 28.8. The quantitative estimate of drug-likeness (QED) is 0.906. The number of aliphatic carboxylic acids is 1. The smallest absolute Gasteiger partial charge is 0.305 e. The molecule has 5 nitrogen and oxygen atoms in total. The molecule has 1 unspecified atom stereocenters. The fourth-order valence-electron chi connectivity index (χ4n) is 3.16. The van der Waals surface area contributed by atoms with Crippen molar-refractivity contribution in [3.8, 4) is 0 Å². The molecule has 0 saturated carbocycles. The molecule has 122 valence electrons. The minimum absolute atomic E-state index is 0.00287. The first kappa shape index (κ1) is 15.9. The van der Waals surface area contributed by atoms with E-state index in [1.165, 1.54) is 0 Å². The number of carbonyl (C=O) groups excluding carboxylic acids is 1. The zero-order valence-corrected chi connectivity index (χ0v) is 14.1. The molecule has 0 bridgehead atoms. The number of hydrogen-bond donors (Lipinski definition) is 2. The van der Waals surface area contributed by atoms with Crippen molar-refractivity contribution in [3.05, 3.63) is 35.0 Å². The maximum absolute atomic E-state index is 12.8. The molecule has 1 atom stereocenters. The van der Waals surface area contributed by atoms with Crippen LogP contribution in [0.4, 0.5) is 0 Å². The van der Waals surface area contributed by atoms with Crippen LogP contribution in [0.25, 0.3) is 10.9 Å². The van der Waals surface area contributed by atoms with Crippen molar-refractivity contribution in [2.24, 2.45) is 0 Å². The number of H-pyrrole nitrogens is 1. The third kappa shape index (κ3) is 3.22. The van der Waals surface area contributed by atoms with Gasteiger partial charge in [-0.3, -0.25) is 9.59 Å². The molecule has 2 heterocycles. The third-order valence-corrected chi connectivity index (χ3v) is 5.31. The van der Waals surface area contributed by atoms with Gasteiger partial charge in [-0.2, -0.15) is 11.8 Å². The van der Waals surface area contributed by atoms with Gasteiger partial charge in [-0.1, -0.05) is 6.07 Å². The molecule has 6 heteroatoms. The molecule has 3 rings (SSSR count). The minimum atomic E-state index is -0.863. The van der Waals surface area contributed by atoms with Crippen LogP contribution >= 0.6 is 11.8 Å². The van der Waals surface area contributed by atoms with Crippen molar-refractivity contribution in [2.75, 3.05) is 18.1 Å². The summed E-state index contributed by atoms with van der Waals surface area (Å²) in [5.41, 5.74) is 3.77. The van der Waals surface area contributed by atoms with Crippen molar-refractivity contribution in [3.63, 3.8) is 0 Å². The van der Waals surface area contributed by atoms with Crippen LogP contribution in [0.3, 0.4) is 0 Å². The number of fused-ring (bicyclic) bond motifs is 1. The first-order chi connectivity index (χ1) is 11.0. The molecule has 1 aliphatic heterocycles. The minimum Gasteiger partial charge on any atom is -0.481 e. The predicted molar refractivity (Wildman–Crippen MR) is 92.2 cm³/mol. The molecule has 2 N–H and O–H groups in total. The van der Waals surface area contributed by atoms with Crippen LogP contribution in [0.15, 0.2) is 18.2 Å². The van der Waals surface area contributed by atoms with E-state index in [9.17, 15) is 9.59 Å². The number of aromatic nitrogens is 1. The Morgan fingerprint density at radius 2 is 2.13 bits per heavy atom. The zero-order valence-electron chi connectivity index (χ0n) is 13.3. The maximum atomic E-state index is 12.8. The van der Waals surface area contributed by atoms with Gasteiger partial charge in [-0.15, -0.1) is 0 Å². The zero-order chi connectivity index (χ0) is 16.6. The van der Waals surface area contributed by atoms with Crippen molar-refractivity contribution in [1.82, 2.24) is 9.88 Å². The van der Waals surface area contributed by atoms with E-state index in [4.69, 9.17) is 5.11 Å². The van der Waals surface area contributed by atoms with Gasteiger partial charge in [0.2, 0.25) is 0 Å². The lowest BCUT2D eigenvalue weighted by molar-refractivity contribution is -0.138. The van der Waals surface area contributed by atoms with E-state index in [-0.39, 0.29) is 18.4 Å². The van der Waals surface area contributed by atoms with Crippen molar-refractivity contribution in [2.45, 2.75) is 26.3 Å². The van der Waals surface area contributed by atoms with E-state index in [2.05, 4.69) is 11.1 Å². The number of aromatic amines is 1. The van der Waals surface area contributed by atoms with Crippen LogP contribution in [-0.2, 0) is 4.79 Å². The average Bonchev–Trinajstić information content (AvgIpc) is 2.90. The Kier molecular flexibility index (Phi) is 4.35. The lowest BCUT2D eigenvalue weighted by atomic mass is 10.1. The fraction of sp³-hybridized carbons (Fsp3) is 0.412. The van der Waals surface area contributed by atoms with E-state index in [0.717, 1.165) is 27.8 Å². The summed E-state index contributed by atoms with van der Waals surface area (Å²) in [6.07, 6.45) is -0.00287. The van der Waals surface area contributed by atoms with E-state index < -0.39 is 5.97 Å². The number of carbonyl (C=O) groups is 2. The highest BCUT2D eigenvalue weighted by atomic mass is 32.2. The van der Waals surface area contributed by atoms with Gasteiger partial charge in [-0.25, -0.2) is 0 Å². The lowest BCUT2D eigenvalue weighted by Gasteiger charge is -2.34. The van der Waals surface area contributed by atoms with Crippen molar-refractivity contribution in [1.29, 1.82) is 0 Å². The summed E-state index contributed by atoms with van der Waals surface area (Å²) in [7, 11) is 0. The highest BCUT2D eigenvalue weighted by Gasteiger charge is 2.30. The van der Waals surface area contributed by atoms with Gasteiger partial charge in [0, 0.05) is 29.0 Å². The van der Waals surface area contributed by atoms with Crippen LogP contribution in [0.5, 0.6) is 0 Å². The second-order valence-corrected chi connectivity index (χ2v) is 7.20. The number of nitrogens with zero attached hydrogens (tertiary/aromatic N) is 1. The van der Waals surface area contributed by atoms with Crippen molar-refractivity contribution < 1.29 is 14.7 Å². The summed E-state index contributed by atoms with van der Waals surface area (Å²) in [5, 5.41) is 10.1. The number of thioether (sulfide) groups is 1. The molecule has 1 aromatic heterocycles. The summed E-state index contributed by atoms with van der Waals surface area (Å²) in [6, 6.07) is 5.76. The largest absolute Gasteiger partial charge is 0.481 e. The summed E-state index contributed by atoms with van der Waals surface area (Å²) < 4.78 is 0. The van der Waals surface area contributed by atoms with Gasteiger partial charge in [0.25, 0.3) is 5.91 Å². The number of carboxylic acid groups (broad SMARTS) is 1. The highest BCUT2D eigenvalue weighted by molar-refractivity contribution is 7.99. The Morgan fingerprint density at radius 3 is 2.87 bits per heavy atom. The molecule has 1 fully saturated rings. The molecule has 23 heavy (non-hydrogen) atoms. The first-order valence-corrected chi connectivity index (χ1v) is 8.81. The lowest BCUT2D eigenvalue weighted by Crippen LogP contribution is -2.47.